The predicted octanol–water partition coefficient (Wildman–Crippen LogP) is 3.10. The normalized spacial score (nSPS) is 10.0. The summed E-state index contributed by atoms with van der Waals surface area (Å²) in [5, 5.41) is 14.4. The van der Waals surface area contributed by atoms with E-state index in [1.54, 1.807) is 24.3 Å². The quantitative estimate of drug-likeness (QED) is 0.586. The van der Waals surface area contributed by atoms with E-state index in [2.05, 4.69) is 10.6 Å². The molecule has 2 aromatic rings. The molecule has 5 nitrogen and oxygen atoms in total. The minimum atomic E-state index is -0.387. The number of nitrogens with one attached hydrogen (secondary N) is 2. The van der Waals surface area contributed by atoms with E-state index in [0.717, 1.165) is 5.56 Å². The van der Waals surface area contributed by atoms with E-state index in [0.29, 0.717) is 11.3 Å². The fourth-order valence-electron chi connectivity index (χ4n) is 1.89. The van der Waals surface area contributed by atoms with Gasteiger partial charge in [-0.05, 0) is 31.2 Å². The van der Waals surface area contributed by atoms with Gasteiger partial charge in [0, 0.05) is 24.2 Å². The van der Waals surface area contributed by atoms with Gasteiger partial charge in [-0.1, -0.05) is 29.8 Å². The summed E-state index contributed by atoms with van der Waals surface area (Å²) in [5.74, 6) is 0.125. The highest BCUT2D eigenvalue weighted by Crippen LogP contribution is 2.13. The van der Waals surface area contributed by atoms with Gasteiger partial charge in [0.1, 0.15) is 5.75 Å². The van der Waals surface area contributed by atoms with Crippen molar-refractivity contribution in [2.45, 2.75) is 13.3 Å². The van der Waals surface area contributed by atoms with Crippen LogP contribution in [0.3, 0.4) is 0 Å². The van der Waals surface area contributed by atoms with Crippen molar-refractivity contribution in [3.8, 4) is 5.75 Å². The summed E-state index contributed by atoms with van der Waals surface area (Å²) >= 11 is 0. The Morgan fingerprint density at radius 3 is 2.27 bits per heavy atom. The molecule has 0 spiro atoms. The summed E-state index contributed by atoms with van der Waals surface area (Å²) in [4.78, 5) is 23.6. The number of amides is 2. The Hall–Kier alpha value is -2.82. The van der Waals surface area contributed by atoms with Crippen molar-refractivity contribution in [2.75, 3.05) is 11.9 Å². The molecular formula is C17H18N2O3. The van der Waals surface area contributed by atoms with Crippen LogP contribution in [0.1, 0.15) is 22.3 Å². The van der Waals surface area contributed by atoms with Gasteiger partial charge in [-0.2, -0.15) is 0 Å². The van der Waals surface area contributed by atoms with Crippen LogP contribution in [0.15, 0.2) is 48.5 Å². The highest BCUT2D eigenvalue weighted by atomic mass is 16.3. The molecule has 2 rings (SSSR count). The first-order valence-electron chi connectivity index (χ1n) is 6.98. The molecule has 0 saturated heterocycles. The minimum Gasteiger partial charge on any atom is -0.508 e. The molecular weight excluding hydrogens is 280 g/mol. The number of benzene rings is 2. The van der Waals surface area contributed by atoms with E-state index >= 15 is 0 Å². The van der Waals surface area contributed by atoms with E-state index in [9.17, 15) is 9.59 Å². The summed E-state index contributed by atoms with van der Waals surface area (Å²) in [7, 11) is 0. The number of Topliss-reactive ketones (excluding diaryl/α,β-unsaturated/α-hetero) is 1. The SMILES string of the molecule is Cc1ccc(C(=O)CCNC(=O)Nc2ccc(O)cc2)cc1. The molecule has 0 aliphatic rings. The van der Waals surface area contributed by atoms with Gasteiger partial charge in [-0.3, -0.25) is 4.79 Å². The molecule has 22 heavy (non-hydrogen) atoms. The molecule has 114 valence electrons. The molecule has 0 atom stereocenters. The van der Waals surface area contributed by atoms with Gasteiger partial charge in [-0.25, -0.2) is 4.79 Å². The Morgan fingerprint density at radius 1 is 1.00 bits per heavy atom. The Balaban J connectivity index is 1.75. The molecule has 0 aromatic heterocycles. The standard InChI is InChI=1S/C17H18N2O3/c1-12-2-4-13(5-3-12)16(21)10-11-18-17(22)19-14-6-8-15(20)9-7-14/h2-9,20H,10-11H2,1H3,(H2,18,19,22). The van der Waals surface area contributed by atoms with Crippen LogP contribution in [0, 0.1) is 6.92 Å². The molecule has 0 saturated carbocycles. The van der Waals surface area contributed by atoms with E-state index in [1.165, 1.54) is 12.1 Å². The maximum Gasteiger partial charge on any atom is 0.319 e. The minimum absolute atomic E-state index is 0.00932. The number of aromatic hydroxyl groups is 1. The lowest BCUT2D eigenvalue weighted by Gasteiger charge is -2.07. The maximum atomic E-state index is 11.9. The van der Waals surface area contributed by atoms with Crippen LogP contribution in [0.5, 0.6) is 5.75 Å². The average Bonchev–Trinajstić information content (AvgIpc) is 2.50. The number of ketones is 1. The van der Waals surface area contributed by atoms with Crippen LogP contribution in [0.25, 0.3) is 0 Å². The van der Waals surface area contributed by atoms with Gasteiger partial charge in [0.15, 0.2) is 5.78 Å². The largest absolute Gasteiger partial charge is 0.508 e. The lowest BCUT2D eigenvalue weighted by molar-refractivity contribution is 0.0983. The summed E-state index contributed by atoms with van der Waals surface area (Å²) in [6.07, 6.45) is 0.242. The van der Waals surface area contributed by atoms with E-state index in [-0.39, 0.29) is 30.5 Å². The number of hydrogen-bond acceptors (Lipinski definition) is 3. The fraction of sp³-hybridized carbons (Fsp3) is 0.176. The van der Waals surface area contributed by atoms with E-state index in [1.807, 2.05) is 19.1 Å². The summed E-state index contributed by atoms with van der Waals surface area (Å²) < 4.78 is 0. The van der Waals surface area contributed by atoms with Crippen molar-refractivity contribution in [1.29, 1.82) is 0 Å². The molecule has 2 amide bonds. The maximum absolute atomic E-state index is 11.9. The van der Waals surface area contributed by atoms with Gasteiger partial charge >= 0.3 is 6.03 Å². The average molecular weight is 298 g/mol. The lowest BCUT2D eigenvalue weighted by Crippen LogP contribution is -2.30. The number of carbonyl (C=O) groups excluding carboxylic acids is 2. The molecule has 0 bridgehead atoms. The zero-order valence-corrected chi connectivity index (χ0v) is 12.3. The van der Waals surface area contributed by atoms with Gasteiger partial charge in [0.25, 0.3) is 0 Å². The van der Waals surface area contributed by atoms with Crippen LogP contribution < -0.4 is 10.6 Å². The number of rotatable bonds is 5. The zero-order valence-electron chi connectivity index (χ0n) is 12.3. The molecule has 0 aliphatic heterocycles. The Morgan fingerprint density at radius 2 is 1.64 bits per heavy atom. The first-order valence-corrected chi connectivity index (χ1v) is 6.98. The number of aryl methyl sites for hydroxylation is 1. The second kappa shape index (κ2) is 7.26. The third-order valence-corrected chi connectivity index (χ3v) is 3.14. The van der Waals surface area contributed by atoms with Crippen molar-refractivity contribution in [3.05, 3.63) is 59.7 Å². The zero-order chi connectivity index (χ0) is 15.9. The Labute approximate surface area is 129 Å². The summed E-state index contributed by atoms with van der Waals surface area (Å²) in [5.41, 5.74) is 2.31. The van der Waals surface area contributed by atoms with Gasteiger partial charge < -0.3 is 15.7 Å². The monoisotopic (exact) mass is 298 g/mol. The Bertz CT molecular complexity index is 649. The van der Waals surface area contributed by atoms with Crippen molar-refractivity contribution in [2.24, 2.45) is 0 Å². The highest BCUT2D eigenvalue weighted by Gasteiger charge is 2.07. The molecule has 2 aromatic carbocycles. The summed E-state index contributed by atoms with van der Waals surface area (Å²) in [6, 6.07) is 13.1. The van der Waals surface area contributed by atoms with Crippen molar-refractivity contribution in [3.63, 3.8) is 0 Å². The number of hydrogen-bond donors (Lipinski definition) is 3. The lowest BCUT2D eigenvalue weighted by atomic mass is 10.1. The van der Waals surface area contributed by atoms with E-state index in [4.69, 9.17) is 5.11 Å². The topological polar surface area (TPSA) is 78.4 Å². The van der Waals surface area contributed by atoms with Gasteiger partial charge in [-0.15, -0.1) is 0 Å². The first-order chi connectivity index (χ1) is 10.5. The molecule has 5 heteroatoms. The van der Waals surface area contributed by atoms with Crippen LogP contribution in [0.4, 0.5) is 10.5 Å². The molecule has 0 aliphatic carbocycles. The van der Waals surface area contributed by atoms with Crippen molar-refractivity contribution in [1.82, 2.24) is 5.32 Å². The number of urea groups is 1. The van der Waals surface area contributed by atoms with E-state index < -0.39 is 0 Å². The Kier molecular flexibility index (Phi) is 5.14. The third kappa shape index (κ3) is 4.63. The van der Waals surface area contributed by atoms with Crippen LogP contribution >= 0.6 is 0 Å². The number of phenols is 1. The number of anilines is 1. The van der Waals surface area contributed by atoms with Crippen molar-refractivity contribution < 1.29 is 14.7 Å². The first kappa shape index (κ1) is 15.6. The van der Waals surface area contributed by atoms with Crippen LogP contribution in [0.2, 0.25) is 0 Å². The summed E-state index contributed by atoms with van der Waals surface area (Å²) in [6.45, 7) is 2.22. The number of carbonyl (C=O) groups is 2. The van der Waals surface area contributed by atoms with Crippen LogP contribution in [-0.2, 0) is 0 Å². The van der Waals surface area contributed by atoms with Crippen molar-refractivity contribution >= 4 is 17.5 Å². The fourth-order valence-corrected chi connectivity index (χ4v) is 1.89. The predicted molar refractivity (Wildman–Crippen MR) is 85.3 cm³/mol. The molecule has 0 fully saturated rings. The second-order valence-corrected chi connectivity index (χ2v) is 4.97. The molecule has 0 heterocycles. The second-order valence-electron chi connectivity index (χ2n) is 4.97. The number of phenolic OH excluding ortho intramolecular Hbond substituents is 1. The molecule has 3 N–H and O–H groups in total. The van der Waals surface area contributed by atoms with Gasteiger partial charge in [0.2, 0.25) is 0 Å². The molecule has 0 unspecified atom stereocenters. The van der Waals surface area contributed by atoms with Gasteiger partial charge in [0.05, 0.1) is 0 Å². The highest BCUT2D eigenvalue weighted by molar-refractivity contribution is 5.96. The van der Waals surface area contributed by atoms with Crippen LogP contribution in [-0.4, -0.2) is 23.5 Å². The molecule has 0 radical (unpaired) electrons. The third-order valence-electron chi connectivity index (χ3n) is 3.14. The smallest absolute Gasteiger partial charge is 0.319 e.